The topological polar surface area (TPSA) is 95.5 Å². The van der Waals surface area contributed by atoms with Crippen molar-refractivity contribution in [3.8, 4) is 0 Å². The average Bonchev–Trinajstić information content (AvgIpc) is 2.85. The third kappa shape index (κ3) is 10.4. The summed E-state index contributed by atoms with van der Waals surface area (Å²) >= 11 is 0. The van der Waals surface area contributed by atoms with E-state index in [4.69, 9.17) is 0 Å². The molecule has 1 aliphatic rings. The highest BCUT2D eigenvalue weighted by molar-refractivity contribution is 5.88. The van der Waals surface area contributed by atoms with Crippen LogP contribution in [0.25, 0.3) is 0 Å². The Bertz CT molecular complexity index is 737. The van der Waals surface area contributed by atoms with Gasteiger partial charge in [-0.3, -0.25) is 19.6 Å². The first kappa shape index (κ1) is 28.0. The second kappa shape index (κ2) is 16.4. The molecule has 0 aliphatic heterocycles. The molecule has 190 valence electrons. The Labute approximate surface area is 205 Å². The lowest BCUT2D eigenvalue weighted by molar-refractivity contribution is -0.136. The van der Waals surface area contributed by atoms with E-state index in [0.29, 0.717) is 25.7 Å². The van der Waals surface area contributed by atoms with Gasteiger partial charge >= 0.3 is 0 Å². The highest BCUT2D eigenvalue weighted by atomic mass is 16.5. The molecule has 0 saturated heterocycles. The number of aryl methyl sites for hydroxylation is 1. The molecule has 0 aromatic heterocycles. The molecule has 0 spiro atoms. The average molecular weight is 473 g/mol. The van der Waals surface area contributed by atoms with Crippen LogP contribution in [0.5, 0.6) is 0 Å². The van der Waals surface area contributed by atoms with Crippen molar-refractivity contribution in [3.63, 3.8) is 0 Å². The van der Waals surface area contributed by atoms with Gasteiger partial charge in [0.1, 0.15) is 5.78 Å². The van der Waals surface area contributed by atoms with Gasteiger partial charge in [-0.25, -0.2) is 5.48 Å². The van der Waals surface area contributed by atoms with Gasteiger partial charge in [-0.2, -0.15) is 0 Å². The molecule has 0 bridgehead atoms. The van der Waals surface area contributed by atoms with Crippen molar-refractivity contribution in [1.29, 1.82) is 0 Å². The molecule has 1 saturated carbocycles. The van der Waals surface area contributed by atoms with Crippen molar-refractivity contribution in [2.75, 3.05) is 0 Å². The van der Waals surface area contributed by atoms with Crippen LogP contribution in [0.3, 0.4) is 0 Å². The number of ketones is 1. The monoisotopic (exact) mass is 472 g/mol. The number of nitrogens with one attached hydrogen (secondary N) is 2. The number of rotatable bonds is 16. The Kier molecular flexibility index (Phi) is 13.5. The zero-order valence-corrected chi connectivity index (χ0v) is 20.9. The van der Waals surface area contributed by atoms with E-state index in [0.717, 1.165) is 44.1 Å². The Morgan fingerprint density at radius 2 is 1.71 bits per heavy atom. The molecule has 2 rings (SSSR count). The van der Waals surface area contributed by atoms with Crippen molar-refractivity contribution in [1.82, 2.24) is 10.8 Å². The number of hydrogen-bond donors (Lipinski definition) is 3. The van der Waals surface area contributed by atoms with E-state index < -0.39 is 11.8 Å². The smallest absolute Gasteiger partial charge is 0.248 e. The van der Waals surface area contributed by atoms with E-state index in [2.05, 4.69) is 12.2 Å². The molecule has 0 heterocycles. The minimum Gasteiger partial charge on any atom is -0.353 e. The van der Waals surface area contributed by atoms with Gasteiger partial charge in [-0.15, -0.1) is 0 Å². The first-order chi connectivity index (χ1) is 16.5. The summed E-state index contributed by atoms with van der Waals surface area (Å²) < 4.78 is 0. The quantitative estimate of drug-likeness (QED) is 0.168. The van der Waals surface area contributed by atoms with Gasteiger partial charge in [-0.1, -0.05) is 88.6 Å². The molecule has 1 aliphatic carbocycles. The van der Waals surface area contributed by atoms with Gasteiger partial charge in [0.15, 0.2) is 0 Å². The van der Waals surface area contributed by atoms with Crippen LogP contribution in [0.4, 0.5) is 0 Å². The normalized spacial score (nSPS) is 17.7. The van der Waals surface area contributed by atoms with Gasteiger partial charge < -0.3 is 5.32 Å². The van der Waals surface area contributed by atoms with Crippen LogP contribution in [-0.2, 0) is 20.8 Å². The molecule has 0 radical (unpaired) electrons. The third-order valence-corrected chi connectivity index (χ3v) is 7.10. The maximum atomic E-state index is 12.9. The molecule has 34 heavy (non-hydrogen) atoms. The van der Waals surface area contributed by atoms with E-state index >= 15 is 0 Å². The zero-order valence-electron chi connectivity index (χ0n) is 20.9. The number of amides is 2. The summed E-state index contributed by atoms with van der Waals surface area (Å²) in [5.41, 5.74) is 2.94. The van der Waals surface area contributed by atoms with Gasteiger partial charge in [0.05, 0.1) is 5.92 Å². The van der Waals surface area contributed by atoms with Crippen LogP contribution in [0.1, 0.15) is 102 Å². The minimum absolute atomic E-state index is 0.163. The molecule has 3 N–H and O–H groups in total. The second-order valence-electron chi connectivity index (χ2n) is 9.80. The van der Waals surface area contributed by atoms with E-state index in [1.807, 2.05) is 35.8 Å². The van der Waals surface area contributed by atoms with E-state index in [1.165, 1.54) is 25.7 Å². The van der Waals surface area contributed by atoms with Crippen molar-refractivity contribution in [3.05, 3.63) is 35.9 Å². The fourth-order valence-electron chi connectivity index (χ4n) is 5.02. The molecule has 3 unspecified atom stereocenters. The number of hydrogen-bond acceptors (Lipinski definition) is 4. The number of hydroxylamine groups is 1. The van der Waals surface area contributed by atoms with Crippen molar-refractivity contribution in [2.45, 2.75) is 109 Å². The van der Waals surface area contributed by atoms with E-state index in [-0.39, 0.29) is 30.1 Å². The Hall–Kier alpha value is -2.21. The highest BCUT2D eigenvalue weighted by Crippen LogP contribution is 2.24. The first-order valence-corrected chi connectivity index (χ1v) is 13.3. The number of carbonyl (C=O) groups excluding carboxylic acids is 3. The summed E-state index contributed by atoms with van der Waals surface area (Å²) in [5, 5.41) is 12.5. The molecule has 6 nitrogen and oxygen atoms in total. The molecular formula is C28H44N2O4. The largest absolute Gasteiger partial charge is 0.353 e. The second-order valence-corrected chi connectivity index (χ2v) is 9.80. The van der Waals surface area contributed by atoms with E-state index in [1.54, 1.807) is 0 Å². The molecule has 1 aromatic carbocycles. The lowest BCUT2D eigenvalue weighted by Gasteiger charge is -2.28. The fraction of sp³-hybridized carbons (Fsp3) is 0.679. The summed E-state index contributed by atoms with van der Waals surface area (Å²) in [6, 6.07) is 9.57. The summed E-state index contributed by atoms with van der Waals surface area (Å²) in [5.74, 6) is -1.18. The van der Waals surface area contributed by atoms with Gasteiger partial charge in [0, 0.05) is 24.8 Å². The first-order valence-electron chi connectivity index (χ1n) is 13.3. The van der Waals surface area contributed by atoms with E-state index in [9.17, 15) is 19.6 Å². The summed E-state index contributed by atoms with van der Waals surface area (Å²) in [6.45, 7) is 2.20. The summed E-state index contributed by atoms with van der Waals surface area (Å²) in [7, 11) is 0. The SMILES string of the molecule is CCCCCCCCCC(NC(=O)CC1CCCCC1=O)C(CCc1ccccc1)C(=O)NO. The third-order valence-electron chi connectivity index (χ3n) is 7.10. The maximum Gasteiger partial charge on any atom is 0.248 e. The Morgan fingerprint density at radius 1 is 1.00 bits per heavy atom. The lowest BCUT2D eigenvalue weighted by Crippen LogP contribution is -2.47. The molecule has 1 aromatic rings. The molecule has 2 amide bonds. The number of unbranched alkanes of at least 4 members (excludes halogenated alkanes) is 6. The lowest BCUT2D eigenvalue weighted by atomic mass is 9.84. The summed E-state index contributed by atoms with van der Waals surface area (Å²) in [6.07, 6.45) is 13.4. The Balaban J connectivity index is 2.00. The maximum absolute atomic E-state index is 12.9. The Morgan fingerprint density at radius 3 is 2.38 bits per heavy atom. The molecule has 6 heteroatoms. The minimum atomic E-state index is -0.531. The van der Waals surface area contributed by atoms with Gasteiger partial charge in [0.2, 0.25) is 11.8 Å². The van der Waals surface area contributed by atoms with Crippen LogP contribution < -0.4 is 10.8 Å². The standard InChI is InChI=1S/C28H44N2O4/c1-2-3-4-5-6-7-11-17-25(29-27(32)21-23-16-12-13-18-26(23)31)24(28(33)30-34)20-19-22-14-9-8-10-15-22/h8-10,14-15,23-25,34H,2-7,11-13,16-21H2,1H3,(H,29,32)(H,30,33). The van der Waals surface area contributed by atoms with Crippen molar-refractivity contribution >= 4 is 17.6 Å². The molecule has 3 atom stereocenters. The zero-order chi connectivity index (χ0) is 24.6. The van der Waals surface area contributed by atoms with Gasteiger partial charge in [0.25, 0.3) is 0 Å². The number of benzene rings is 1. The van der Waals surface area contributed by atoms with Crippen LogP contribution in [0.2, 0.25) is 0 Å². The predicted molar refractivity (Wildman–Crippen MR) is 134 cm³/mol. The highest BCUT2D eigenvalue weighted by Gasteiger charge is 2.31. The predicted octanol–water partition coefficient (Wildman–Crippen LogP) is 5.52. The van der Waals surface area contributed by atoms with Crippen LogP contribution >= 0.6 is 0 Å². The van der Waals surface area contributed by atoms with Crippen molar-refractivity contribution < 1.29 is 19.6 Å². The molecule has 1 fully saturated rings. The summed E-state index contributed by atoms with van der Waals surface area (Å²) in [4.78, 5) is 37.8. The number of Topliss-reactive ketones (excluding diaryl/α,β-unsaturated/α-hetero) is 1. The van der Waals surface area contributed by atoms with Crippen molar-refractivity contribution in [2.24, 2.45) is 11.8 Å². The van der Waals surface area contributed by atoms with Crippen LogP contribution in [0.15, 0.2) is 30.3 Å². The molecular weight excluding hydrogens is 428 g/mol. The van der Waals surface area contributed by atoms with Crippen LogP contribution in [-0.4, -0.2) is 28.8 Å². The van der Waals surface area contributed by atoms with Gasteiger partial charge in [-0.05, 0) is 37.7 Å². The number of carbonyl (C=O) groups is 3. The van der Waals surface area contributed by atoms with Crippen LogP contribution in [0, 0.1) is 11.8 Å². The fourth-order valence-corrected chi connectivity index (χ4v) is 5.02.